The molecule has 5 rings (SSSR count). The molecule has 30 heavy (non-hydrogen) atoms. The number of hydrogen-bond donors (Lipinski definition) is 2. The number of aryl methyl sites for hydroxylation is 2. The molecule has 0 aliphatic carbocycles. The summed E-state index contributed by atoms with van der Waals surface area (Å²) in [4.78, 5) is 21.5. The highest BCUT2D eigenvalue weighted by Gasteiger charge is 2.25. The maximum absolute atomic E-state index is 12.8. The van der Waals surface area contributed by atoms with E-state index in [1.165, 1.54) is 0 Å². The Balaban J connectivity index is 1.35. The lowest BCUT2D eigenvalue weighted by Gasteiger charge is -2.34. The molecule has 0 spiro atoms. The summed E-state index contributed by atoms with van der Waals surface area (Å²) in [6.07, 6.45) is 3.79. The summed E-state index contributed by atoms with van der Waals surface area (Å²) >= 11 is 0. The van der Waals surface area contributed by atoms with Gasteiger partial charge in [-0.15, -0.1) is 5.10 Å². The normalized spacial score (nSPS) is 14.5. The summed E-state index contributed by atoms with van der Waals surface area (Å²) < 4.78 is 3.66. The second kappa shape index (κ2) is 7.21. The second-order valence-electron chi connectivity index (χ2n) is 7.44. The Hall–Kier alpha value is -3.82. The molecule has 0 unspecified atom stereocenters. The first-order valence-corrected chi connectivity index (χ1v) is 9.88. The fourth-order valence-electron chi connectivity index (χ4n) is 3.71. The van der Waals surface area contributed by atoms with Gasteiger partial charge in [0, 0.05) is 57.4 Å². The third-order valence-electron chi connectivity index (χ3n) is 5.34. The van der Waals surface area contributed by atoms with Crippen LogP contribution in [0.15, 0.2) is 42.7 Å². The summed E-state index contributed by atoms with van der Waals surface area (Å²) in [5, 5.41) is 15.1. The average Bonchev–Trinajstić information content (AvgIpc) is 3.49. The number of amides is 1. The molecule has 2 N–H and O–H groups in total. The van der Waals surface area contributed by atoms with Crippen molar-refractivity contribution in [3.63, 3.8) is 0 Å². The molecule has 0 saturated carbocycles. The number of hydrogen-bond acceptors (Lipinski definition) is 6. The van der Waals surface area contributed by atoms with Crippen LogP contribution < -0.4 is 10.2 Å². The molecule has 0 bridgehead atoms. The van der Waals surface area contributed by atoms with E-state index in [0.717, 1.165) is 11.2 Å². The highest BCUT2D eigenvalue weighted by molar-refractivity contribution is 5.93. The van der Waals surface area contributed by atoms with Gasteiger partial charge >= 0.3 is 0 Å². The van der Waals surface area contributed by atoms with E-state index in [1.54, 1.807) is 0 Å². The van der Waals surface area contributed by atoms with Crippen molar-refractivity contribution in [3.05, 3.63) is 54.1 Å². The molecule has 10 heteroatoms. The molecule has 1 amide bonds. The summed E-state index contributed by atoms with van der Waals surface area (Å²) in [5.41, 5.74) is 2.54. The van der Waals surface area contributed by atoms with E-state index < -0.39 is 0 Å². The summed E-state index contributed by atoms with van der Waals surface area (Å²) in [6.45, 7) is 4.54. The molecule has 1 saturated heterocycles. The van der Waals surface area contributed by atoms with E-state index in [2.05, 4.69) is 25.5 Å². The van der Waals surface area contributed by atoms with Gasteiger partial charge in [-0.2, -0.15) is 10.1 Å². The van der Waals surface area contributed by atoms with Crippen molar-refractivity contribution in [1.82, 2.24) is 34.3 Å². The van der Waals surface area contributed by atoms with Gasteiger partial charge in [0.15, 0.2) is 11.6 Å². The van der Waals surface area contributed by atoms with E-state index in [4.69, 9.17) is 4.98 Å². The van der Waals surface area contributed by atoms with Gasteiger partial charge < -0.3 is 19.7 Å². The Morgan fingerprint density at radius 3 is 2.63 bits per heavy atom. The molecule has 4 aromatic heterocycles. The van der Waals surface area contributed by atoms with Crippen LogP contribution >= 0.6 is 0 Å². The summed E-state index contributed by atoms with van der Waals surface area (Å²) in [6, 6.07) is 9.56. The predicted molar refractivity (Wildman–Crippen MR) is 113 cm³/mol. The highest BCUT2D eigenvalue weighted by Crippen LogP contribution is 2.23. The van der Waals surface area contributed by atoms with Crippen LogP contribution in [0.4, 0.5) is 17.6 Å². The molecule has 1 aliphatic heterocycles. The number of H-pyrrole nitrogens is 1. The van der Waals surface area contributed by atoms with Crippen molar-refractivity contribution in [2.24, 2.45) is 7.05 Å². The molecular weight excluding hydrogens is 382 g/mol. The third kappa shape index (κ3) is 3.25. The molecule has 4 aromatic rings. The van der Waals surface area contributed by atoms with Crippen LogP contribution in [0.25, 0.3) is 5.52 Å². The molecule has 10 nitrogen and oxygen atoms in total. The number of carbonyl (C=O) groups is 1. The van der Waals surface area contributed by atoms with Crippen molar-refractivity contribution in [2.75, 3.05) is 36.4 Å². The molecule has 0 atom stereocenters. The Labute approximate surface area is 173 Å². The monoisotopic (exact) mass is 405 g/mol. The average molecular weight is 405 g/mol. The minimum absolute atomic E-state index is 0.0557. The fraction of sp³-hybridized carbons (Fsp3) is 0.300. The third-order valence-corrected chi connectivity index (χ3v) is 5.34. The minimum Gasteiger partial charge on any atom is -0.347 e. The highest BCUT2D eigenvalue weighted by atomic mass is 16.2. The lowest BCUT2D eigenvalue weighted by atomic mass is 10.3. The van der Waals surface area contributed by atoms with Gasteiger partial charge in [0.1, 0.15) is 11.2 Å². The molecule has 5 heterocycles. The van der Waals surface area contributed by atoms with Crippen molar-refractivity contribution < 1.29 is 4.79 Å². The van der Waals surface area contributed by atoms with Crippen LogP contribution in [0.2, 0.25) is 0 Å². The lowest BCUT2D eigenvalue weighted by molar-refractivity contribution is 0.0736. The quantitative estimate of drug-likeness (QED) is 0.537. The number of anilines is 3. The van der Waals surface area contributed by atoms with Gasteiger partial charge in [-0.25, -0.2) is 4.52 Å². The van der Waals surface area contributed by atoms with E-state index >= 15 is 0 Å². The standard InChI is InChI=1S/C20H23N9O/c1-14-13-17(24-23-14)21-18-15-5-4-8-29(15)25-20(22-18)28-11-9-27(10-12-28)19(30)16-6-3-7-26(16)2/h3-8,13H,9-12H2,1-2H3,(H2,21,22,23,24,25). The smallest absolute Gasteiger partial charge is 0.270 e. The van der Waals surface area contributed by atoms with Crippen LogP contribution in [0.1, 0.15) is 16.2 Å². The summed E-state index contributed by atoms with van der Waals surface area (Å²) in [7, 11) is 1.89. The van der Waals surface area contributed by atoms with E-state index in [-0.39, 0.29) is 5.91 Å². The van der Waals surface area contributed by atoms with Gasteiger partial charge in [-0.05, 0) is 31.2 Å². The Bertz CT molecular complexity index is 1200. The number of aromatic amines is 1. The predicted octanol–water partition coefficient (Wildman–Crippen LogP) is 1.81. The number of fused-ring (bicyclic) bond motifs is 1. The minimum atomic E-state index is 0.0557. The number of nitrogens with one attached hydrogen (secondary N) is 2. The van der Waals surface area contributed by atoms with E-state index in [1.807, 2.05) is 70.7 Å². The lowest BCUT2D eigenvalue weighted by Crippen LogP contribution is -2.49. The topological polar surface area (TPSA) is 99.4 Å². The van der Waals surface area contributed by atoms with Crippen LogP contribution in [-0.2, 0) is 7.05 Å². The van der Waals surface area contributed by atoms with Gasteiger partial charge in [0.2, 0.25) is 5.95 Å². The molecular formula is C20H23N9O. The van der Waals surface area contributed by atoms with Crippen molar-refractivity contribution in [3.8, 4) is 0 Å². The van der Waals surface area contributed by atoms with Crippen LogP contribution in [0, 0.1) is 6.92 Å². The van der Waals surface area contributed by atoms with Crippen LogP contribution in [-0.4, -0.2) is 66.3 Å². The number of rotatable bonds is 4. The van der Waals surface area contributed by atoms with E-state index in [0.29, 0.717) is 49.5 Å². The van der Waals surface area contributed by atoms with Crippen LogP contribution in [0.3, 0.4) is 0 Å². The number of piperazine rings is 1. The maximum Gasteiger partial charge on any atom is 0.270 e. The molecule has 0 aromatic carbocycles. The molecule has 154 valence electrons. The Morgan fingerprint density at radius 2 is 1.93 bits per heavy atom. The number of carbonyl (C=O) groups excluding carboxylic acids is 1. The Morgan fingerprint density at radius 1 is 1.13 bits per heavy atom. The first-order chi connectivity index (χ1) is 14.6. The Kier molecular flexibility index (Phi) is 4.38. The van der Waals surface area contributed by atoms with Gasteiger partial charge in [-0.3, -0.25) is 9.89 Å². The fourth-order valence-corrected chi connectivity index (χ4v) is 3.71. The zero-order valence-corrected chi connectivity index (χ0v) is 16.9. The van der Waals surface area contributed by atoms with Gasteiger partial charge in [0.25, 0.3) is 5.91 Å². The van der Waals surface area contributed by atoms with Crippen LogP contribution in [0.5, 0.6) is 0 Å². The van der Waals surface area contributed by atoms with Gasteiger partial charge in [0.05, 0.1) is 0 Å². The first-order valence-electron chi connectivity index (χ1n) is 9.88. The van der Waals surface area contributed by atoms with Crippen molar-refractivity contribution in [1.29, 1.82) is 0 Å². The number of nitrogens with zero attached hydrogens (tertiary/aromatic N) is 7. The largest absolute Gasteiger partial charge is 0.347 e. The first kappa shape index (κ1) is 18.2. The summed E-state index contributed by atoms with van der Waals surface area (Å²) in [5.74, 6) is 2.08. The van der Waals surface area contributed by atoms with Gasteiger partial charge in [-0.1, -0.05) is 0 Å². The zero-order valence-electron chi connectivity index (χ0n) is 16.9. The molecule has 1 aliphatic rings. The number of aromatic nitrogens is 6. The van der Waals surface area contributed by atoms with Crippen molar-refractivity contribution in [2.45, 2.75) is 6.92 Å². The van der Waals surface area contributed by atoms with Crippen molar-refractivity contribution >= 4 is 29.0 Å². The SMILES string of the molecule is Cc1cc(Nc2nc(N3CCN(C(=O)c4cccn4C)CC3)nn3cccc23)n[nH]1. The maximum atomic E-state index is 12.8. The molecule has 1 fully saturated rings. The second-order valence-corrected chi connectivity index (χ2v) is 7.44. The molecule has 0 radical (unpaired) electrons. The zero-order chi connectivity index (χ0) is 20.7. The van der Waals surface area contributed by atoms with E-state index in [9.17, 15) is 4.79 Å².